The third kappa shape index (κ3) is 3.61. The molecule has 0 radical (unpaired) electrons. The molecule has 1 aromatic carbocycles. The van der Waals surface area contributed by atoms with Crippen LogP contribution in [0.3, 0.4) is 0 Å². The molecule has 0 unspecified atom stereocenters. The van der Waals surface area contributed by atoms with Crippen LogP contribution in [0.15, 0.2) is 28.3 Å². The number of halogens is 2. The minimum Gasteiger partial charge on any atom is -0.273 e. The minimum atomic E-state index is -3.12. The van der Waals surface area contributed by atoms with Crippen LogP contribution in [0.4, 0.5) is 0 Å². The maximum absolute atomic E-state index is 11.9. The molecule has 1 aromatic rings. The van der Waals surface area contributed by atoms with Gasteiger partial charge in [-0.2, -0.15) is 10.1 Å². The molecule has 2 fully saturated rings. The van der Waals surface area contributed by atoms with Crippen LogP contribution >= 0.6 is 35.0 Å². The number of benzene rings is 1. The predicted molar refractivity (Wildman–Crippen MR) is 97.8 cm³/mol. The van der Waals surface area contributed by atoms with E-state index in [0.29, 0.717) is 20.8 Å². The van der Waals surface area contributed by atoms with Gasteiger partial charge in [-0.1, -0.05) is 41.0 Å². The van der Waals surface area contributed by atoms with Crippen LogP contribution < -0.4 is 0 Å². The number of amidine groups is 1. The second-order valence-corrected chi connectivity index (χ2v) is 9.61. The molecule has 0 aromatic heterocycles. The van der Waals surface area contributed by atoms with Crippen molar-refractivity contribution in [2.24, 2.45) is 10.1 Å². The number of thioether (sulfide) groups is 1. The summed E-state index contributed by atoms with van der Waals surface area (Å²) in [7, 11) is -3.12. The van der Waals surface area contributed by atoms with Gasteiger partial charge in [0.1, 0.15) is 0 Å². The van der Waals surface area contributed by atoms with Crippen molar-refractivity contribution in [1.29, 1.82) is 0 Å². The predicted octanol–water partition coefficient (Wildman–Crippen LogP) is 2.44. The van der Waals surface area contributed by atoms with Gasteiger partial charge in [0.15, 0.2) is 15.0 Å². The lowest BCUT2D eigenvalue weighted by Crippen LogP contribution is -2.33. The summed E-state index contributed by atoms with van der Waals surface area (Å²) >= 11 is 13.5. The van der Waals surface area contributed by atoms with Crippen LogP contribution in [-0.4, -0.2) is 53.5 Å². The molecule has 0 N–H and O–H groups in total. The Morgan fingerprint density at radius 2 is 2.00 bits per heavy atom. The molecule has 10 heteroatoms. The lowest BCUT2D eigenvalue weighted by Gasteiger charge is -2.18. The number of hydrazone groups is 1. The second kappa shape index (κ2) is 6.67. The first-order valence-electron chi connectivity index (χ1n) is 7.00. The fourth-order valence-electron chi connectivity index (χ4n) is 2.57. The third-order valence-electron chi connectivity index (χ3n) is 3.60. The molecule has 1 amide bonds. The van der Waals surface area contributed by atoms with Crippen LogP contribution in [0.5, 0.6) is 0 Å². The van der Waals surface area contributed by atoms with Gasteiger partial charge in [-0.15, -0.1) is 0 Å². The van der Waals surface area contributed by atoms with E-state index in [1.54, 1.807) is 18.2 Å². The van der Waals surface area contributed by atoms with Crippen LogP contribution in [-0.2, 0) is 14.6 Å². The zero-order valence-corrected chi connectivity index (χ0v) is 15.7. The van der Waals surface area contributed by atoms with Crippen molar-refractivity contribution in [3.05, 3.63) is 33.8 Å². The molecular formula is C14H13Cl2N3O3S2. The molecule has 6 nitrogen and oxygen atoms in total. The van der Waals surface area contributed by atoms with Gasteiger partial charge in [0.05, 0.1) is 39.1 Å². The third-order valence-corrected chi connectivity index (χ3v) is 7.46. The van der Waals surface area contributed by atoms with Gasteiger partial charge >= 0.3 is 0 Å². The highest BCUT2D eigenvalue weighted by molar-refractivity contribution is 8.15. The van der Waals surface area contributed by atoms with E-state index in [1.165, 1.54) is 29.9 Å². The van der Waals surface area contributed by atoms with E-state index in [4.69, 9.17) is 23.2 Å². The van der Waals surface area contributed by atoms with Crippen LogP contribution in [0, 0.1) is 0 Å². The smallest absolute Gasteiger partial charge is 0.245 e. The monoisotopic (exact) mass is 405 g/mol. The molecule has 3 rings (SSSR count). The summed E-state index contributed by atoms with van der Waals surface area (Å²) < 4.78 is 23.7. The fraction of sp³-hybridized carbons (Fsp3) is 0.357. The number of rotatable bonds is 2. The maximum Gasteiger partial charge on any atom is 0.245 e. The van der Waals surface area contributed by atoms with Gasteiger partial charge in [0.25, 0.3) is 0 Å². The van der Waals surface area contributed by atoms with Gasteiger partial charge in [0, 0.05) is 12.5 Å². The zero-order chi connectivity index (χ0) is 17.5. The largest absolute Gasteiger partial charge is 0.273 e. The molecule has 0 saturated carbocycles. The summed E-state index contributed by atoms with van der Waals surface area (Å²) in [6.07, 6.45) is 1.47. The first-order chi connectivity index (χ1) is 11.3. The number of hydrogen-bond acceptors (Lipinski definition) is 5. The quantitative estimate of drug-likeness (QED) is 0.705. The second-order valence-electron chi connectivity index (χ2n) is 5.44. The standard InChI is InChI=1S/C14H13Cl2N3O3S2/c1-8(20)18-14-19(12-6-24(21,22)7-13(12)23-14)17-5-9-10(15)3-2-4-11(9)16/h2-5,12-13H,6-7H2,1H3/b17-5-,18-14?/t12-,13-/m1/s1. The highest BCUT2D eigenvalue weighted by Gasteiger charge is 2.49. The lowest BCUT2D eigenvalue weighted by molar-refractivity contribution is -0.115. The van der Waals surface area contributed by atoms with Gasteiger partial charge in [-0.25, -0.2) is 13.4 Å². The Kier molecular flexibility index (Phi) is 4.92. The Bertz CT molecular complexity index is 835. The van der Waals surface area contributed by atoms with Crippen molar-refractivity contribution < 1.29 is 13.2 Å². The Morgan fingerprint density at radius 3 is 2.62 bits per heavy atom. The number of carbonyl (C=O) groups is 1. The Hall–Kier alpha value is -1.09. The SMILES string of the molecule is CC(=O)N=C1S[C@@H]2CS(=O)(=O)C[C@H]2N1/N=C\c1c(Cl)cccc1Cl. The molecule has 2 atom stereocenters. The summed E-state index contributed by atoms with van der Waals surface area (Å²) in [6, 6.07) is 4.73. The number of fused-ring (bicyclic) bond motifs is 1. The van der Waals surface area contributed by atoms with E-state index in [1.807, 2.05) is 0 Å². The van der Waals surface area contributed by atoms with E-state index in [9.17, 15) is 13.2 Å². The van der Waals surface area contributed by atoms with Gasteiger partial charge in [0.2, 0.25) is 5.91 Å². The Labute approximate surface area is 153 Å². The van der Waals surface area contributed by atoms with Crippen LogP contribution in [0.2, 0.25) is 10.0 Å². The number of aliphatic imine (C=N–C) groups is 1. The van der Waals surface area contributed by atoms with E-state index >= 15 is 0 Å². The van der Waals surface area contributed by atoms with E-state index in [2.05, 4.69) is 10.1 Å². The van der Waals surface area contributed by atoms with Crippen molar-refractivity contribution in [2.75, 3.05) is 11.5 Å². The van der Waals surface area contributed by atoms with E-state index in [0.717, 1.165) is 0 Å². The maximum atomic E-state index is 11.9. The summed E-state index contributed by atoms with van der Waals surface area (Å²) in [5, 5.41) is 6.88. The average Bonchev–Trinajstić information content (AvgIpc) is 2.90. The molecule has 2 aliphatic heterocycles. The van der Waals surface area contributed by atoms with Gasteiger partial charge in [-0.05, 0) is 12.1 Å². The molecule has 2 aliphatic rings. The first kappa shape index (κ1) is 17.7. The summed E-state index contributed by atoms with van der Waals surface area (Å²) in [5.74, 6) is -0.329. The Balaban J connectivity index is 1.95. The summed E-state index contributed by atoms with van der Waals surface area (Å²) in [6.45, 7) is 1.34. The van der Waals surface area contributed by atoms with Crippen LogP contribution in [0.1, 0.15) is 12.5 Å². The van der Waals surface area contributed by atoms with E-state index in [-0.39, 0.29) is 28.7 Å². The molecule has 0 spiro atoms. The molecule has 24 heavy (non-hydrogen) atoms. The van der Waals surface area contributed by atoms with E-state index < -0.39 is 9.84 Å². The van der Waals surface area contributed by atoms with Crippen molar-refractivity contribution in [2.45, 2.75) is 18.2 Å². The van der Waals surface area contributed by atoms with Crippen molar-refractivity contribution in [3.63, 3.8) is 0 Å². The lowest BCUT2D eigenvalue weighted by atomic mass is 10.2. The Morgan fingerprint density at radius 1 is 1.33 bits per heavy atom. The zero-order valence-electron chi connectivity index (χ0n) is 12.5. The van der Waals surface area contributed by atoms with Crippen molar-refractivity contribution in [3.8, 4) is 0 Å². The van der Waals surface area contributed by atoms with Crippen molar-refractivity contribution >= 4 is 62.1 Å². The highest BCUT2D eigenvalue weighted by Crippen LogP contribution is 2.38. The summed E-state index contributed by atoms with van der Waals surface area (Å²) in [4.78, 5) is 15.3. The molecule has 2 saturated heterocycles. The van der Waals surface area contributed by atoms with Gasteiger partial charge in [-0.3, -0.25) is 4.79 Å². The number of carbonyl (C=O) groups excluding carboxylic acids is 1. The van der Waals surface area contributed by atoms with Crippen LogP contribution in [0.25, 0.3) is 0 Å². The number of amides is 1. The first-order valence-corrected chi connectivity index (χ1v) is 10.5. The topological polar surface area (TPSA) is 79.2 Å². The fourth-order valence-corrected chi connectivity index (χ4v) is 6.94. The van der Waals surface area contributed by atoms with Crippen molar-refractivity contribution in [1.82, 2.24) is 5.01 Å². The number of hydrogen-bond donors (Lipinski definition) is 0. The molecule has 2 heterocycles. The normalized spacial score (nSPS) is 27.1. The number of nitrogens with zero attached hydrogens (tertiary/aromatic N) is 3. The summed E-state index contributed by atoms with van der Waals surface area (Å²) in [5.41, 5.74) is 0.525. The number of sulfone groups is 1. The molecule has 128 valence electrons. The highest BCUT2D eigenvalue weighted by atomic mass is 35.5. The molecule has 0 bridgehead atoms. The molecule has 0 aliphatic carbocycles. The van der Waals surface area contributed by atoms with Gasteiger partial charge < -0.3 is 0 Å². The minimum absolute atomic E-state index is 0.0187. The molecular weight excluding hydrogens is 393 g/mol. The average molecular weight is 406 g/mol.